The van der Waals surface area contributed by atoms with Crippen LogP contribution in [0.15, 0.2) is 0 Å². The molecule has 2 aliphatic heterocycles. The number of fused-ring (bicyclic) bond motifs is 2. The molecule has 2 saturated heterocycles. The van der Waals surface area contributed by atoms with Crippen LogP contribution in [0.1, 0.15) is 32.1 Å². The van der Waals surface area contributed by atoms with Crippen molar-refractivity contribution in [3.8, 4) is 12.3 Å². The number of carbonyl (C=O) groups is 2. The third-order valence-electron chi connectivity index (χ3n) is 3.86. The average molecular weight is 266 g/mol. The molecule has 2 amide bonds. The van der Waals surface area contributed by atoms with Crippen molar-refractivity contribution < 1.29 is 19.8 Å². The SMILES string of the molecule is C#CCC(NC(=O)N1C2CCC1CC(O)C2)C(=O)O. The summed E-state index contributed by atoms with van der Waals surface area (Å²) in [5.41, 5.74) is 0. The molecular formula is C13H18N2O4. The number of nitrogens with zero attached hydrogens (tertiary/aromatic N) is 1. The number of carbonyl (C=O) groups excluding carboxylic acids is 1. The van der Waals surface area contributed by atoms with E-state index in [4.69, 9.17) is 11.5 Å². The van der Waals surface area contributed by atoms with Gasteiger partial charge in [-0.1, -0.05) is 0 Å². The lowest BCUT2D eigenvalue weighted by Gasteiger charge is -2.37. The second-order valence-corrected chi connectivity index (χ2v) is 5.17. The Morgan fingerprint density at radius 1 is 1.37 bits per heavy atom. The van der Waals surface area contributed by atoms with Crippen LogP contribution in [0, 0.1) is 12.3 Å². The fourth-order valence-corrected chi connectivity index (χ4v) is 3.02. The van der Waals surface area contributed by atoms with Gasteiger partial charge in [0.25, 0.3) is 0 Å². The van der Waals surface area contributed by atoms with Gasteiger partial charge in [0.05, 0.1) is 6.10 Å². The van der Waals surface area contributed by atoms with E-state index in [1.165, 1.54) is 0 Å². The van der Waals surface area contributed by atoms with Gasteiger partial charge in [-0.2, -0.15) is 0 Å². The second kappa shape index (κ2) is 5.49. The van der Waals surface area contributed by atoms with Gasteiger partial charge in [-0.3, -0.25) is 0 Å². The smallest absolute Gasteiger partial charge is 0.327 e. The molecule has 2 fully saturated rings. The zero-order valence-electron chi connectivity index (χ0n) is 10.6. The number of nitrogens with one attached hydrogen (secondary N) is 1. The van der Waals surface area contributed by atoms with E-state index in [1.807, 2.05) is 0 Å². The van der Waals surface area contributed by atoms with Crippen LogP contribution in [0.4, 0.5) is 4.79 Å². The second-order valence-electron chi connectivity index (χ2n) is 5.17. The Balaban J connectivity index is 2.01. The van der Waals surface area contributed by atoms with Gasteiger partial charge in [-0.15, -0.1) is 12.3 Å². The summed E-state index contributed by atoms with van der Waals surface area (Å²) in [5.74, 6) is 1.12. The zero-order valence-corrected chi connectivity index (χ0v) is 10.6. The summed E-state index contributed by atoms with van der Waals surface area (Å²) < 4.78 is 0. The van der Waals surface area contributed by atoms with Crippen molar-refractivity contribution in [2.75, 3.05) is 0 Å². The molecule has 2 bridgehead atoms. The maximum absolute atomic E-state index is 12.2. The molecule has 3 atom stereocenters. The average Bonchev–Trinajstić information content (AvgIpc) is 2.61. The predicted octanol–water partition coefficient (Wildman–Crippen LogP) is 0.160. The van der Waals surface area contributed by atoms with Gasteiger partial charge < -0.3 is 20.4 Å². The number of aliphatic hydroxyl groups excluding tert-OH is 1. The van der Waals surface area contributed by atoms with E-state index in [-0.39, 0.29) is 30.6 Å². The molecule has 3 unspecified atom stereocenters. The number of aliphatic carboxylic acids is 1. The van der Waals surface area contributed by atoms with E-state index in [1.54, 1.807) is 4.90 Å². The number of hydrogen-bond donors (Lipinski definition) is 3. The van der Waals surface area contributed by atoms with Gasteiger partial charge in [0.2, 0.25) is 0 Å². The first-order valence-corrected chi connectivity index (χ1v) is 6.46. The Morgan fingerprint density at radius 2 is 1.95 bits per heavy atom. The summed E-state index contributed by atoms with van der Waals surface area (Å²) in [6.07, 6.45) is 7.56. The topological polar surface area (TPSA) is 89.9 Å². The number of carboxylic acids is 1. The normalized spacial score (nSPS) is 30.5. The Labute approximate surface area is 111 Å². The van der Waals surface area contributed by atoms with Crippen molar-refractivity contribution >= 4 is 12.0 Å². The standard InChI is InChI=1S/C13H18N2O4/c1-2-3-11(12(17)18)14-13(19)15-8-4-5-9(15)7-10(16)6-8/h1,8-11,16H,3-7H2,(H,14,19)(H,17,18). The van der Waals surface area contributed by atoms with E-state index < -0.39 is 12.0 Å². The van der Waals surface area contributed by atoms with E-state index in [2.05, 4.69) is 11.2 Å². The molecule has 0 spiro atoms. The Morgan fingerprint density at radius 3 is 2.42 bits per heavy atom. The highest BCUT2D eigenvalue weighted by molar-refractivity contribution is 5.83. The molecule has 0 aliphatic carbocycles. The van der Waals surface area contributed by atoms with Crippen LogP contribution >= 0.6 is 0 Å². The molecule has 6 nitrogen and oxygen atoms in total. The van der Waals surface area contributed by atoms with Crippen LogP contribution in [-0.2, 0) is 4.79 Å². The monoisotopic (exact) mass is 266 g/mol. The molecule has 6 heteroatoms. The van der Waals surface area contributed by atoms with Crippen molar-refractivity contribution in [2.45, 2.75) is 56.3 Å². The zero-order chi connectivity index (χ0) is 14.0. The van der Waals surface area contributed by atoms with Crippen LogP contribution in [0.5, 0.6) is 0 Å². The van der Waals surface area contributed by atoms with Crippen molar-refractivity contribution in [1.29, 1.82) is 0 Å². The fraction of sp³-hybridized carbons (Fsp3) is 0.692. The maximum atomic E-state index is 12.2. The third-order valence-corrected chi connectivity index (χ3v) is 3.86. The molecule has 0 aromatic carbocycles. The van der Waals surface area contributed by atoms with Crippen LogP contribution in [-0.4, -0.2) is 51.3 Å². The lowest BCUT2D eigenvalue weighted by atomic mass is 10.0. The van der Waals surface area contributed by atoms with Crippen LogP contribution in [0.25, 0.3) is 0 Å². The van der Waals surface area contributed by atoms with Crippen LogP contribution < -0.4 is 5.32 Å². The summed E-state index contributed by atoms with van der Waals surface area (Å²) in [6.45, 7) is 0. The van der Waals surface area contributed by atoms with Gasteiger partial charge in [0.1, 0.15) is 6.04 Å². The largest absolute Gasteiger partial charge is 0.480 e. The molecule has 0 aromatic rings. The lowest BCUT2D eigenvalue weighted by molar-refractivity contribution is -0.139. The minimum atomic E-state index is -1.13. The predicted molar refractivity (Wildman–Crippen MR) is 67.3 cm³/mol. The quantitative estimate of drug-likeness (QED) is 0.635. The molecule has 2 aliphatic rings. The molecular weight excluding hydrogens is 248 g/mol. The Hall–Kier alpha value is -1.74. The lowest BCUT2D eigenvalue weighted by Crippen LogP contribution is -2.55. The third kappa shape index (κ3) is 2.82. The van der Waals surface area contributed by atoms with Gasteiger partial charge in [0, 0.05) is 18.5 Å². The molecule has 0 saturated carbocycles. The van der Waals surface area contributed by atoms with Gasteiger partial charge in [-0.05, 0) is 25.7 Å². The molecule has 19 heavy (non-hydrogen) atoms. The van der Waals surface area contributed by atoms with Gasteiger partial charge in [-0.25, -0.2) is 9.59 Å². The summed E-state index contributed by atoms with van der Waals surface area (Å²) >= 11 is 0. The highest BCUT2D eigenvalue weighted by atomic mass is 16.4. The number of terminal acetylenes is 1. The number of hydrogen-bond acceptors (Lipinski definition) is 3. The van der Waals surface area contributed by atoms with Crippen molar-refractivity contribution in [3.05, 3.63) is 0 Å². The number of urea groups is 1. The Kier molecular flexibility index (Phi) is 3.96. The highest BCUT2D eigenvalue weighted by Crippen LogP contribution is 2.35. The van der Waals surface area contributed by atoms with Crippen molar-refractivity contribution in [3.63, 3.8) is 0 Å². The van der Waals surface area contributed by atoms with Crippen LogP contribution in [0.3, 0.4) is 0 Å². The van der Waals surface area contributed by atoms with E-state index in [0.717, 1.165) is 12.8 Å². The number of amides is 2. The number of piperidine rings is 1. The number of carboxylic acid groups (broad SMARTS) is 1. The van der Waals surface area contributed by atoms with Crippen molar-refractivity contribution in [1.82, 2.24) is 10.2 Å². The van der Waals surface area contributed by atoms with E-state index in [9.17, 15) is 14.7 Å². The van der Waals surface area contributed by atoms with Crippen molar-refractivity contribution in [2.24, 2.45) is 0 Å². The fourth-order valence-electron chi connectivity index (χ4n) is 3.02. The molecule has 2 heterocycles. The van der Waals surface area contributed by atoms with Gasteiger partial charge >= 0.3 is 12.0 Å². The van der Waals surface area contributed by atoms with E-state index >= 15 is 0 Å². The molecule has 0 radical (unpaired) electrons. The molecule has 104 valence electrons. The highest BCUT2D eigenvalue weighted by Gasteiger charge is 2.43. The minimum absolute atomic E-state index is 0.00836. The first-order valence-electron chi connectivity index (χ1n) is 6.46. The van der Waals surface area contributed by atoms with Gasteiger partial charge in [0.15, 0.2) is 0 Å². The molecule has 0 aromatic heterocycles. The summed E-state index contributed by atoms with van der Waals surface area (Å²) in [6, 6.07) is -1.42. The number of rotatable bonds is 3. The molecule has 3 N–H and O–H groups in total. The summed E-state index contributed by atoms with van der Waals surface area (Å²) in [7, 11) is 0. The molecule has 2 rings (SSSR count). The van der Waals surface area contributed by atoms with Crippen LogP contribution in [0.2, 0.25) is 0 Å². The minimum Gasteiger partial charge on any atom is -0.480 e. The summed E-state index contributed by atoms with van der Waals surface area (Å²) in [5, 5.41) is 21.1. The first kappa shape index (κ1) is 13.7. The Bertz CT molecular complexity index is 403. The summed E-state index contributed by atoms with van der Waals surface area (Å²) in [4.78, 5) is 24.8. The maximum Gasteiger partial charge on any atom is 0.327 e. The first-order chi connectivity index (χ1) is 9.02. The number of aliphatic hydroxyl groups is 1. The van der Waals surface area contributed by atoms with E-state index in [0.29, 0.717) is 12.8 Å².